The average Bonchev–Trinajstić information content (AvgIpc) is 2.77. The van der Waals surface area contributed by atoms with Crippen molar-refractivity contribution in [3.05, 3.63) is 81.5 Å². The van der Waals surface area contributed by atoms with Crippen LogP contribution in [0, 0.1) is 0 Å². The normalized spacial score (nSPS) is 14.7. The maximum absolute atomic E-state index is 2.60. The minimum atomic E-state index is 0.587. The van der Waals surface area contributed by atoms with Crippen molar-refractivity contribution in [2.24, 2.45) is 0 Å². The summed E-state index contributed by atoms with van der Waals surface area (Å²) in [7, 11) is 0. The van der Waals surface area contributed by atoms with Crippen LogP contribution in [0.1, 0.15) is 133 Å². The Morgan fingerprint density at radius 2 is 0.750 bits per heavy atom. The van der Waals surface area contributed by atoms with Gasteiger partial charge in [0.25, 0.3) is 0 Å². The molecule has 0 aliphatic rings. The van der Waals surface area contributed by atoms with Crippen LogP contribution in [0.2, 0.25) is 0 Å². The van der Waals surface area contributed by atoms with Crippen molar-refractivity contribution in [3.8, 4) is 0 Å². The van der Waals surface area contributed by atoms with Gasteiger partial charge in [-0.3, -0.25) is 0 Å². The van der Waals surface area contributed by atoms with Crippen molar-refractivity contribution >= 4 is 22.6 Å². The number of allylic oxidation sites excluding steroid dienone is 14. The van der Waals surface area contributed by atoms with Crippen molar-refractivity contribution in [2.75, 3.05) is 0 Å². The lowest BCUT2D eigenvalue weighted by molar-refractivity contribution is 0.895. The molecule has 0 saturated carbocycles. The van der Waals surface area contributed by atoms with Gasteiger partial charge in [-0.25, -0.2) is 0 Å². The monoisotopic (exact) mass is 604 g/mol. The van der Waals surface area contributed by atoms with Gasteiger partial charge < -0.3 is 0 Å². The standard InChI is InChI=1S/C35H57I/c1-28(2)15-10-17-30(5)19-12-20-32(7)22-14-24-34(9)27-35(36)26-25-33(8)23-13-21-31(6)18-11-16-29(3)4/h15-16,19,21-22,25,27,35H,10-14,17-18,20,23-24,26H2,1-9H3. The maximum atomic E-state index is 2.60. The molecule has 0 spiro atoms. The molecular weight excluding hydrogens is 547 g/mol. The molecule has 0 aromatic rings. The fourth-order valence-electron chi connectivity index (χ4n) is 4.00. The highest BCUT2D eigenvalue weighted by atomic mass is 127. The maximum Gasteiger partial charge on any atom is 0.0326 e. The van der Waals surface area contributed by atoms with Crippen molar-refractivity contribution in [3.63, 3.8) is 0 Å². The third-order valence-corrected chi connectivity index (χ3v) is 7.30. The number of halogens is 1. The second-order valence-electron chi connectivity index (χ2n) is 11.2. The molecule has 1 unspecified atom stereocenters. The zero-order valence-electron chi connectivity index (χ0n) is 25.3. The molecule has 0 aliphatic heterocycles. The molecule has 0 rings (SSSR count). The predicted octanol–water partition coefficient (Wildman–Crippen LogP) is 12.7. The number of alkyl halides is 1. The Balaban J connectivity index is 4.28. The first-order valence-corrected chi connectivity index (χ1v) is 15.4. The summed E-state index contributed by atoms with van der Waals surface area (Å²) in [4.78, 5) is 0. The van der Waals surface area contributed by atoms with Gasteiger partial charge >= 0.3 is 0 Å². The summed E-state index contributed by atoms with van der Waals surface area (Å²) in [5, 5.41) is 0. The number of hydrogen-bond acceptors (Lipinski definition) is 0. The highest BCUT2D eigenvalue weighted by Crippen LogP contribution is 2.18. The highest BCUT2D eigenvalue weighted by molar-refractivity contribution is 14.1. The molecule has 0 N–H and O–H groups in total. The minimum absolute atomic E-state index is 0.587. The van der Waals surface area contributed by atoms with Crippen molar-refractivity contribution in [1.29, 1.82) is 0 Å². The van der Waals surface area contributed by atoms with E-state index < -0.39 is 0 Å². The summed E-state index contributed by atoms with van der Waals surface area (Å²) in [6.07, 6.45) is 29.8. The lowest BCUT2D eigenvalue weighted by Crippen LogP contribution is -1.93. The molecule has 1 heteroatoms. The summed E-state index contributed by atoms with van der Waals surface area (Å²) in [6.45, 7) is 20.1. The first-order chi connectivity index (χ1) is 17.0. The molecule has 0 nitrogen and oxygen atoms in total. The molecule has 0 radical (unpaired) electrons. The highest BCUT2D eigenvalue weighted by Gasteiger charge is 2.00. The molecule has 36 heavy (non-hydrogen) atoms. The summed E-state index contributed by atoms with van der Waals surface area (Å²) in [5.74, 6) is 0. The molecule has 1 atom stereocenters. The largest absolute Gasteiger partial charge is 0.0856 e. The van der Waals surface area contributed by atoms with E-state index >= 15 is 0 Å². The van der Waals surface area contributed by atoms with Crippen LogP contribution in [-0.2, 0) is 0 Å². The van der Waals surface area contributed by atoms with Crippen molar-refractivity contribution < 1.29 is 0 Å². The van der Waals surface area contributed by atoms with E-state index in [0.717, 1.165) is 12.8 Å². The average molecular weight is 605 g/mol. The first-order valence-electron chi connectivity index (χ1n) is 14.2. The number of rotatable bonds is 18. The molecule has 0 amide bonds. The van der Waals surface area contributed by atoms with Gasteiger partial charge in [0, 0.05) is 3.92 Å². The topological polar surface area (TPSA) is 0 Å². The Labute approximate surface area is 240 Å². The van der Waals surface area contributed by atoms with Crippen LogP contribution in [0.5, 0.6) is 0 Å². The molecule has 0 saturated heterocycles. The van der Waals surface area contributed by atoms with E-state index in [2.05, 4.69) is 127 Å². The van der Waals surface area contributed by atoms with Crippen LogP contribution in [0.25, 0.3) is 0 Å². The SMILES string of the molecule is CC(C)=CCCC(C)=CCCC(C)=CCCC(C)=CC(I)CC=C(C)CCC=C(C)CCC=C(C)C. The summed E-state index contributed by atoms with van der Waals surface area (Å²) < 4.78 is 0.587. The Hall–Kier alpha value is -1.09. The Bertz CT molecular complexity index is 815. The van der Waals surface area contributed by atoms with Crippen molar-refractivity contribution in [1.82, 2.24) is 0 Å². The molecule has 0 fully saturated rings. The minimum Gasteiger partial charge on any atom is -0.0856 e. The van der Waals surface area contributed by atoms with Crippen LogP contribution in [0.3, 0.4) is 0 Å². The number of hydrogen-bond donors (Lipinski definition) is 0. The second kappa shape index (κ2) is 21.9. The van der Waals surface area contributed by atoms with E-state index in [9.17, 15) is 0 Å². The van der Waals surface area contributed by atoms with Crippen LogP contribution in [-0.4, -0.2) is 3.92 Å². The fraction of sp³-hybridized carbons (Fsp3) is 0.600. The summed E-state index contributed by atoms with van der Waals surface area (Å²) in [5.41, 5.74) is 10.5. The predicted molar refractivity (Wildman–Crippen MR) is 176 cm³/mol. The third-order valence-electron chi connectivity index (χ3n) is 6.43. The van der Waals surface area contributed by atoms with Crippen LogP contribution >= 0.6 is 22.6 Å². The Morgan fingerprint density at radius 3 is 1.11 bits per heavy atom. The van der Waals surface area contributed by atoms with E-state index in [4.69, 9.17) is 0 Å². The van der Waals surface area contributed by atoms with Gasteiger partial charge in [-0.1, -0.05) is 104 Å². The Morgan fingerprint density at radius 1 is 0.444 bits per heavy atom. The molecule has 0 aromatic heterocycles. The smallest absolute Gasteiger partial charge is 0.0326 e. The van der Waals surface area contributed by atoms with Crippen LogP contribution < -0.4 is 0 Å². The lowest BCUT2D eigenvalue weighted by atomic mass is 10.0. The second-order valence-corrected chi connectivity index (χ2v) is 12.8. The fourth-order valence-corrected chi connectivity index (χ4v) is 4.87. The first kappa shape index (κ1) is 34.9. The van der Waals surface area contributed by atoms with Gasteiger partial charge in [-0.05, 0) is 133 Å². The van der Waals surface area contributed by atoms with E-state index in [1.165, 1.54) is 96.8 Å². The molecule has 204 valence electrons. The molecule has 0 heterocycles. The molecule has 0 aliphatic carbocycles. The zero-order chi connectivity index (χ0) is 27.3. The summed E-state index contributed by atoms with van der Waals surface area (Å²) >= 11 is 2.60. The van der Waals surface area contributed by atoms with E-state index in [1.807, 2.05) is 0 Å². The van der Waals surface area contributed by atoms with Crippen molar-refractivity contribution in [2.45, 2.75) is 137 Å². The van der Waals surface area contributed by atoms with E-state index in [-0.39, 0.29) is 0 Å². The van der Waals surface area contributed by atoms with E-state index in [1.54, 1.807) is 0 Å². The lowest BCUT2D eigenvalue weighted by Gasteiger charge is -2.06. The molecule has 0 bridgehead atoms. The van der Waals surface area contributed by atoms with Gasteiger partial charge in [0.15, 0.2) is 0 Å². The Kier molecular flexibility index (Phi) is 21.3. The van der Waals surface area contributed by atoms with Gasteiger partial charge in [-0.15, -0.1) is 0 Å². The van der Waals surface area contributed by atoms with E-state index in [0.29, 0.717) is 3.92 Å². The molecule has 0 aromatic carbocycles. The van der Waals surface area contributed by atoms with Crippen LogP contribution in [0.15, 0.2) is 81.5 Å². The summed E-state index contributed by atoms with van der Waals surface area (Å²) in [6, 6.07) is 0. The third kappa shape index (κ3) is 23.3. The van der Waals surface area contributed by atoms with Crippen LogP contribution in [0.4, 0.5) is 0 Å². The van der Waals surface area contributed by atoms with Gasteiger partial charge in [0.1, 0.15) is 0 Å². The zero-order valence-corrected chi connectivity index (χ0v) is 27.4. The quantitative estimate of drug-likeness (QED) is 0.0829. The molecular formula is C35H57I. The van der Waals surface area contributed by atoms with Gasteiger partial charge in [0.2, 0.25) is 0 Å². The van der Waals surface area contributed by atoms with Gasteiger partial charge in [-0.2, -0.15) is 0 Å². The van der Waals surface area contributed by atoms with Gasteiger partial charge in [0.05, 0.1) is 0 Å².